The Bertz CT molecular complexity index is 204. The third-order valence-corrected chi connectivity index (χ3v) is 2.41. The van der Waals surface area contributed by atoms with Crippen LogP contribution in [0.1, 0.15) is 6.92 Å². The maximum Gasteiger partial charge on any atom is 0.251 e. The molecule has 1 rings (SSSR count). The van der Waals surface area contributed by atoms with Crippen molar-refractivity contribution < 1.29 is 14.3 Å². The van der Waals surface area contributed by atoms with Crippen LogP contribution in [-0.4, -0.2) is 56.4 Å². The molecule has 0 radical (unpaired) electrons. The number of methoxy groups -OCH3 is 1. The highest BCUT2D eigenvalue weighted by Crippen LogP contribution is 2.06. The summed E-state index contributed by atoms with van der Waals surface area (Å²) in [6.07, 6.45) is -0.414. The third kappa shape index (κ3) is 3.95. The Hall–Kier alpha value is -0.360. The predicted octanol–water partition coefficient (Wildman–Crippen LogP) is -0.371. The number of nitrogens with zero attached hydrogens (tertiary/aromatic N) is 1. The average molecular weight is 239 g/mol. The Kier molecular flexibility index (Phi) is 6.84. The van der Waals surface area contributed by atoms with Gasteiger partial charge in [0.15, 0.2) is 0 Å². The summed E-state index contributed by atoms with van der Waals surface area (Å²) in [7, 11) is 1.53. The number of hydrogen-bond acceptors (Lipinski definition) is 4. The highest BCUT2D eigenvalue weighted by atomic mass is 35.5. The van der Waals surface area contributed by atoms with Crippen molar-refractivity contribution in [1.82, 2.24) is 4.90 Å². The molecule has 15 heavy (non-hydrogen) atoms. The van der Waals surface area contributed by atoms with E-state index >= 15 is 0 Å². The van der Waals surface area contributed by atoms with Crippen molar-refractivity contribution in [3.05, 3.63) is 0 Å². The second-order valence-corrected chi connectivity index (χ2v) is 3.39. The first kappa shape index (κ1) is 14.6. The lowest BCUT2D eigenvalue weighted by atomic mass is 10.2. The smallest absolute Gasteiger partial charge is 0.251 e. The number of carbonyl (C=O) groups excluding carboxylic acids is 1. The van der Waals surface area contributed by atoms with Crippen LogP contribution in [0, 0.1) is 0 Å². The van der Waals surface area contributed by atoms with Gasteiger partial charge >= 0.3 is 0 Å². The van der Waals surface area contributed by atoms with Crippen molar-refractivity contribution in [2.45, 2.75) is 19.1 Å². The summed E-state index contributed by atoms with van der Waals surface area (Å²) in [6.45, 7) is 3.95. The fraction of sp³-hybridized carbons (Fsp3) is 0.889. The van der Waals surface area contributed by atoms with Gasteiger partial charge in [0.25, 0.3) is 5.91 Å². The third-order valence-electron chi connectivity index (χ3n) is 2.41. The van der Waals surface area contributed by atoms with E-state index in [1.54, 1.807) is 11.8 Å². The molecule has 2 unspecified atom stereocenters. The summed E-state index contributed by atoms with van der Waals surface area (Å²) in [6, 6.07) is 0. The number of nitrogens with two attached hydrogens (primary N) is 1. The van der Waals surface area contributed by atoms with E-state index in [1.165, 1.54) is 7.11 Å². The Morgan fingerprint density at radius 3 is 2.93 bits per heavy atom. The fourth-order valence-corrected chi connectivity index (χ4v) is 1.42. The summed E-state index contributed by atoms with van der Waals surface area (Å²) in [5.74, 6) is 0.00856. The van der Waals surface area contributed by atoms with Gasteiger partial charge in [-0.1, -0.05) is 0 Å². The molecule has 0 aromatic rings. The van der Waals surface area contributed by atoms with E-state index in [0.29, 0.717) is 26.2 Å². The minimum atomic E-state index is -0.383. The summed E-state index contributed by atoms with van der Waals surface area (Å²) in [5.41, 5.74) is 5.48. The number of ether oxygens (including phenoxy) is 2. The van der Waals surface area contributed by atoms with Crippen LogP contribution >= 0.6 is 12.4 Å². The van der Waals surface area contributed by atoms with E-state index in [0.717, 1.165) is 0 Å². The van der Waals surface area contributed by atoms with Crippen molar-refractivity contribution in [2.75, 3.05) is 33.4 Å². The zero-order valence-corrected chi connectivity index (χ0v) is 9.96. The number of morpholine rings is 1. The normalized spacial score (nSPS) is 23.1. The summed E-state index contributed by atoms with van der Waals surface area (Å²) < 4.78 is 10.3. The monoisotopic (exact) mass is 238 g/mol. The molecule has 2 atom stereocenters. The molecule has 1 saturated heterocycles. The molecule has 0 aromatic heterocycles. The molecule has 0 spiro atoms. The SMILES string of the molecule is COC(C)C(=O)N1CCOC(CN)C1.Cl. The highest BCUT2D eigenvalue weighted by molar-refractivity contribution is 5.85. The molecule has 0 saturated carbocycles. The molecule has 0 aliphatic carbocycles. The standard InChI is InChI=1S/C9H18N2O3.ClH/c1-7(13-2)9(12)11-3-4-14-8(5-10)6-11;/h7-8H,3-6,10H2,1-2H3;1H. The Morgan fingerprint density at radius 2 is 2.40 bits per heavy atom. The first-order valence-electron chi connectivity index (χ1n) is 4.82. The van der Waals surface area contributed by atoms with Crippen LogP contribution < -0.4 is 5.73 Å². The van der Waals surface area contributed by atoms with E-state index < -0.39 is 0 Å². The van der Waals surface area contributed by atoms with E-state index in [2.05, 4.69) is 0 Å². The number of hydrogen-bond donors (Lipinski definition) is 1. The molecule has 6 heteroatoms. The van der Waals surface area contributed by atoms with Gasteiger partial charge < -0.3 is 20.1 Å². The molecule has 1 aliphatic heterocycles. The Morgan fingerprint density at radius 1 is 1.73 bits per heavy atom. The number of rotatable bonds is 3. The van der Waals surface area contributed by atoms with Crippen LogP contribution in [-0.2, 0) is 14.3 Å². The quantitative estimate of drug-likeness (QED) is 0.729. The predicted molar refractivity (Wildman–Crippen MR) is 59.1 cm³/mol. The van der Waals surface area contributed by atoms with Crippen LogP contribution in [0.15, 0.2) is 0 Å². The molecule has 2 N–H and O–H groups in total. The highest BCUT2D eigenvalue weighted by Gasteiger charge is 2.26. The van der Waals surface area contributed by atoms with Crippen LogP contribution in [0.5, 0.6) is 0 Å². The second kappa shape index (κ2) is 7.00. The van der Waals surface area contributed by atoms with Gasteiger partial charge in [0.2, 0.25) is 0 Å². The molecular formula is C9H19ClN2O3. The van der Waals surface area contributed by atoms with Crippen molar-refractivity contribution in [3.63, 3.8) is 0 Å². The van der Waals surface area contributed by atoms with E-state index in [1.807, 2.05) is 0 Å². The average Bonchev–Trinajstić information content (AvgIpc) is 2.27. The topological polar surface area (TPSA) is 64.8 Å². The molecule has 1 amide bonds. The van der Waals surface area contributed by atoms with Crippen LogP contribution in [0.4, 0.5) is 0 Å². The number of amides is 1. The molecule has 5 nitrogen and oxygen atoms in total. The van der Waals surface area contributed by atoms with E-state index in [-0.39, 0.29) is 30.5 Å². The van der Waals surface area contributed by atoms with Crippen molar-refractivity contribution >= 4 is 18.3 Å². The molecule has 90 valence electrons. The van der Waals surface area contributed by atoms with Gasteiger partial charge in [0.1, 0.15) is 6.10 Å². The van der Waals surface area contributed by atoms with Gasteiger partial charge in [-0.2, -0.15) is 0 Å². The minimum absolute atomic E-state index is 0. The van der Waals surface area contributed by atoms with E-state index in [9.17, 15) is 4.79 Å². The zero-order chi connectivity index (χ0) is 10.6. The van der Waals surface area contributed by atoms with Gasteiger partial charge in [-0.3, -0.25) is 4.79 Å². The van der Waals surface area contributed by atoms with Crippen LogP contribution in [0.2, 0.25) is 0 Å². The second-order valence-electron chi connectivity index (χ2n) is 3.39. The van der Waals surface area contributed by atoms with Crippen molar-refractivity contribution in [3.8, 4) is 0 Å². The van der Waals surface area contributed by atoms with Crippen LogP contribution in [0.3, 0.4) is 0 Å². The maximum atomic E-state index is 11.7. The number of carbonyl (C=O) groups is 1. The Labute approximate surface area is 96.3 Å². The van der Waals surface area contributed by atoms with Crippen molar-refractivity contribution in [1.29, 1.82) is 0 Å². The van der Waals surface area contributed by atoms with E-state index in [4.69, 9.17) is 15.2 Å². The lowest BCUT2D eigenvalue weighted by Gasteiger charge is -2.33. The molecule has 1 heterocycles. The molecule has 0 aromatic carbocycles. The van der Waals surface area contributed by atoms with Gasteiger partial charge in [0.05, 0.1) is 12.7 Å². The molecule has 0 bridgehead atoms. The first-order valence-corrected chi connectivity index (χ1v) is 4.82. The largest absolute Gasteiger partial charge is 0.373 e. The summed E-state index contributed by atoms with van der Waals surface area (Å²) in [4.78, 5) is 13.4. The van der Waals surface area contributed by atoms with Gasteiger partial charge in [-0.05, 0) is 6.92 Å². The van der Waals surface area contributed by atoms with Crippen LogP contribution in [0.25, 0.3) is 0 Å². The zero-order valence-electron chi connectivity index (χ0n) is 9.14. The number of halogens is 1. The summed E-state index contributed by atoms with van der Waals surface area (Å²) in [5, 5.41) is 0. The Balaban J connectivity index is 0.00000196. The molecular weight excluding hydrogens is 220 g/mol. The lowest BCUT2D eigenvalue weighted by molar-refractivity contribution is -0.148. The molecule has 1 fully saturated rings. The molecule has 1 aliphatic rings. The van der Waals surface area contributed by atoms with Gasteiger partial charge in [0, 0.05) is 26.7 Å². The maximum absolute atomic E-state index is 11.7. The van der Waals surface area contributed by atoms with Gasteiger partial charge in [-0.25, -0.2) is 0 Å². The van der Waals surface area contributed by atoms with Crippen molar-refractivity contribution in [2.24, 2.45) is 5.73 Å². The first-order chi connectivity index (χ1) is 6.69. The minimum Gasteiger partial charge on any atom is -0.373 e. The fourth-order valence-electron chi connectivity index (χ4n) is 1.42. The van der Waals surface area contributed by atoms with Gasteiger partial charge in [-0.15, -0.1) is 12.4 Å². The summed E-state index contributed by atoms with van der Waals surface area (Å²) >= 11 is 0. The lowest BCUT2D eigenvalue weighted by Crippen LogP contribution is -2.50.